The molecule has 0 saturated carbocycles. The number of hydrogen-bond donors (Lipinski definition) is 3. The summed E-state index contributed by atoms with van der Waals surface area (Å²) in [6.45, 7) is 0. The Kier molecular flexibility index (Phi) is 5.64. The van der Waals surface area contributed by atoms with E-state index in [0.29, 0.717) is 10.6 Å². The van der Waals surface area contributed by atoms with Crippen LogP contribution in [0.1, 0.15) is 0 Å². The lowest BCUT2D eigenvalue weighted by Gasteiger charge is -1.96. The average Bonchev–Trinajstić information content (AvgIpc) is 2.45. The lowest BCUT2D eigenvalue weighted by Crippen LogP contribution is -1.93. The second-order valence-corrected chi connectivity index (χ2v) is 4.44. The highest BCUT2D eigenvalue weighted by atomic mass is 32.1. The largest absolute Gasteiger partial charge is 0.398 e. The minimum atomic E-state index is -0.643. The van der Waals surface area contributed by atoms with Crippen molar-refractivity contribution in [1.82, 2.24) is 0 Å². The van der Waals surface area contributed by atoms with Gasteiger partial charge in [0.15, 0.2) is 0 Å². The molecular weight excluding hydrogens is 315 g/mol. The van der Waals surface area contributed by atoms with E-state index in [1.165, 1.54) is 18.2 Å². The minimum absolute atomic E-state index is 0.0136. The van der Waals surface area contributed by atoms with Gasteiger partial charge < -0.3 is 11.5 Å². The molecule has 8 nitrogen and oxygen atoms in total. The molecule has 0 unspecified atom stereocenters. The summed E-state index contributed by atoms with van der Waals surface area (Å²) in [6, 6.07) is 7.14. The first-order valence-corrected chi connectivity index (χ1v) is 6.09. The molecule has 0 aliphatic carbocycles. The number of non-ortho nitro benzene ring substituents is 2. The van der Waals surface area contributed by atoms with Gasteiger partial charge in [0.2, 0.25) is 0 Å². The van der Waals surface area contributed by atoms with Crippen molar-refractivity contribution < 1.29 is 14.2 Å². The molecule has 2 aromatic rings. The summed E-state index contributed by atoms with van der Waals surface area (Å²) in [4.78, 5) is 19.7. The predicted octanol–water partition coefficient (Wildman–Crippen LogP) is 2.78. The molecule has 2 rings (SSSR count). The number of nitro benzene ring substituents is 2. The summed E-state index contributed by atoms with van der Waals surface area (Å²) in [5.41, 5.74) is 10.4. The molecule has 2 aromatic carbocycles. The normalized spacial score (nSPS) is 9.55. The zero-order chi connectivity index (χ0) is 16.9. The number of halogens is 1. The van der Waals surface area contributed by atoms with E-state index in [2.05, 4.69) is 12.6 Å². The smallest absolute Gasteiger partial charge is 0.271 e. The quantitative estimate of drug-likeness (QED) is 0.336. The summed E-state index contributed by atoms with van der Waals surface area (Å²) in [5.74, 6) is -0.643. The molecule has 0 radical (unpaired) electrons. The third-order valence-corrected chi connectivity index (χ3v) is 2.82. The van der Waals surface area contributed by atoms with Gasteiger partial charge in [0, 0.05) is 29.2 Å². The van der Waals surface area contributed by atoms with Crippen LogP contribution in [0.5, 0.6) is 0 Å². The molecule has 0 saturated heterocycles. The Hall–Kier alpha value is -2.88. The Labute approximate surface area is 129 Å². The Morgan fingerprint density at radius 2 is 1.36 bits per heavy atom. The van der Waals surface area contributed by atoms with Gasteiger partial charge in [-0.25, -0.2) is 4.39 Å². The first-order valence-electron chi connectivity index (χ1n) is 5.64. The number of nitrogen functional groups attached to an aromatic ring is 2. The lowest BCUT2D eigenvalue weighted by atomic mass is 10.3. The van der Waals surface area contributed by atoms with Crippen LogP contribution in [0.15, 0.2) is 41.3 Å². The molecule has 0 fully saturated rings. The fourth-order valence-corrected chi connectivity index (χ4v) is 1.44. The highest BCUT2D eigenvalue weighted by molar-refractivity contribution is 7.80. The summed E-state index contributed by atoms with van der Waals surface area (Å²) < 4.78 is 12.4. The standard InChI is InChI=1S/C6H5FN2O2.C6H6N2O2S/c7-5-2-1-4(9(10)11)3-6(5)8;7-5-3-4(8(9)10)1-2-6(5)11/h1-3H,8H2;1-3,11H,7H2. The van der Waals surface area contributed by atoms with Gasteiger partial charge in [0.05, 0.1) is 21.2 Å². The summed E-state index contributed by atoms with van der Waals surface area (Å²) in [6.07, 6.45) is 0. The van der Waals surface area contributed by atoms with Crippen LogP contribution in [0.25, 0.3) is 0 Å². The molecule has 116 valence electrons. The van der Waals surface area contributed by atoms with Crippen molar-refractivity contribution in [2.24, 2.45) is 0 Å². The van der Waals surface area contributed by atoms with E-state index in [-0.39, 0.29) is 17.1 Å². The zero-order valence-electron chi connectivity index (χ0n) is 11.0. The molecule has 0 spiro atoms. The van der Waals surface area contributed by atoms with E-state index < -0.39 is 15.7 Å². The number of nitrogens with two attached hydrogens (primary N) is 2. The Morgan fingerprint density at radius 3 is 1.77 bits per heavy atom. The first kappa shape index (κ1) is 17.2. The Bertz CT molecular complexity index is 665. The van der Waals surface area contributed by atoms with E-state index in [0.717, 1.165) is 18.2 Å². The van der Waals surface area contributed by atoms with Crippen LogP contribution >= 0.6 is 12.6 Å². The first-order chi connectivity index (χ1) is 10.2. The predicted molar refractivity (Wildman–Crippen MR) is 82.2 cm³/mol. The number of benzene rings is 2. The van der Waals surface area contributed by atoms with Gasteiger partial charge in [-0.05, 0) is 12.1 Å². The van der Waals surface area contributed by atoms with Gasteiger partial charge in [-0.1, -0.05) is 0 Å². The molecule has 0 aliphatic rings. The van der Waals surface area contributed by atoms with Crippen LogP contribution in [0.4, 0.5) is 27.1 Å². The van der Waals surface area contributed by atoms with Crippen molar-refractivity contribution in [3.05, 3.63) is 62.4 Å². The summed E-state index contributed by atoms with van der Waals surface area (Å²) >= 11 is 3.97. The van der Waals surface area contributed by atoms with E-state index in [9.17, 15) is 24.6 Å². The molecular formula is C12H11FN4O4S. The Balaban J connectivity index is 0.000000220. The van der Waals surface area contributed by atoms with Crippen molar-refractivity contribution in [2.75, 3.05) is 11.5 Å². The number of anilines is 2. The highest BCUT2D eigenvalue weighted by Crippen LogP contribution is 2.21. The van der Waals surface area contributed by atoms with Gasteiger partial charge in [-0.3, -0.25) is 20.2 Å². The topological polar surface area (TPSA) is 138 Å². The number of nitro groups is 2. The molecule has 4 N–H and O–H groups in total. The molecule has 0 heterocycles. The second kappa shape index (κ2) is 7.22. The molecule has 0 atom stereocenters. The molecule has 0 amide bonds. The molecule has 22 heavy (non-hydrogen) atoms. The number of rotatable bonds is 2. The maximum Gasteiger partial charge on any atom is 0.271 e. The van der Waals surface area contributed by atoms with Crippen LogP contribution < -0.4 is 11.5 Å². The molecule has 0 aliphatic heterocycles. The van der Waals surface area contributed by atoms with Crippen molar-refractivity contribution in [1.29, 1.82) is 0 Å². The maximum atomic E-state index is 12.4. The van der Waals surface area contributed by atoms with Crippen LogP contribution in [0.3, 0.4) is 0 Å². The number of nitrogens with zero attached hydrogens (tertiary/aromatic N) is 2. The third kappa shape index (κ3) is 4.59. The van der Waals surface area contributed by atoms with Crippen molar-refractivity contribution in [3.8, 4) is 0 Å². The Morgan fingerprint density at radius 1 is 0.909 bits per heavy atom. The van der Waals surface area contributed by atoms with Gasteiger partial charge in [0.1, 0.15) is 5.82 Å². The van der Waals surface area contributed by atoms with E-state index in [1.807, 2.05) is 0 Å². The van der Waals surface area contributed by atoms with Crippen LogP contribution in [-0.4, -0.2) is 9.85 Å². The number of thiol groups is 1. The van der Waals surface area contributed by atoms with Crippen molar-refractivity contribution in [3.63, 3.8) is 0 Å². The summed E-state index contributed by atoms with van der Waals surface area (Å²) in [5, 5.41) is 20.3. The SMILES string of the molecule is Nc1cc([N+](=O)[O-])ccc1F.Nc1cc([N+](=O)[O-])ccc1S. The van der Waals surface area contributed by atoms with E-state index in [4.69, 9.17) is 11.5 Å². The van der Waals surface area contributed by atoms with E-state index in [1.54, 1.807) is 0 Å². The minimum Gasteiger partial charge on any atom is -0.398 e. The van der Waals surface area contributed by atoms with E-state index >= 15 is 0 Å². The fourth-order valence-electron chi connectivity index (χ4n) is 1.30. The van der Waals surface area contributed by atoms with Gasteiger partial charge in [-0.2, -0.15) is 0 Å². The monoisotopic (exact) mass is 326 g/mol. The third-order valence-electron chi connectivity index (χ3n) is 2.41. The highest BCUT2D eigenvalue weighted by Gasteiger charge is 2.07. The van der Waals surface area contributed by atoms with Gasteiger partial charge in [-0.15, -0.1) is 12.6 Å². The fraction of sp³-hybridized carbons (Fsp3) is 0. The second-order valence-electron chi connectivity index (χ2n) is 3.96. The van der Waals surface area contributed by atoms with Crippen molar-refractivity contribution in [2.45, 2.75) is 4.90 Å². The maximum absolute atomic E-state index is 12.4. The average molecular weight is 326 g/mol. The van der Waals surface area contributed by atoms with Crippen LogP contribution in [0, 0.1) is 26.0 Å². The summed E-state index contributed by atoms with van der Waals surface area (Å²) in [7, 11) is 0. The van der Waals surface area contributed by atoms with Gasteiger partial charge >= 0.3 is 0 Å². The molecule has 10 heteroatoms. The van der Waals surface area contributed by atoms with Crippen molar-refractivity contribution >= 4 is 35.4 Å². The molecule has 0 bridgehead atoms. The number of hydrogen-bond acceptors (Lipinski definition) is 7. The molecule has 0 aromatic heterocycles. The van der Waals surface area contributed by atoms with Gasteiger partial charge in [0.25, 0.3) is 11.4 Å². The lowest BCUT2D eigenvalue weighted by molar-refractivity contribution is -0.385. The van der Waals surface area contributed by atoms with Crippen LogP contribution in [0.2, 0.25) is 0 Å². The zero-order valence-corrected chi connectivity index (χ0v) is 11.9. The van der Waals surface area contributed by atoms with Crippen LogP contribution in [-0.2, 0) is 0 Å².